The monoisotopic (exact) mass is 331 g/mol. The molecule has 2 aromatic rings. The van der Waals surface area contributed by atoms with Gasteiger partial charge in [0.05, 0.1) is 16.4 Å². The van der Waals surface area contributed by atoms with Gasteiger partial charge in [-0.15, -0.1) is 11.8 Å². The summed E-state index contributed by atoms with van der Waals surface area (Å²) >= 11 is 6.27. The number of fused-ring (bicyclic) bond motifs is 1. The van der Waals surface area contributed by atoms with Crippen molar-refractivity contribution >= 4 is 40.6 Å². The van der Waals surface area contributed by atoms with E-state index in [1.807, 2.05) is 31.2 Å². The number of carbonyl (C=O) groups is 1. The van der Waals surface area contributed by atoms with Gasteiger partial charge in [-0.1, -0.05) is 29.8 Å². The molecule has 7 heteroatoms. The van der Waals surface area contributed by atoms with E-state index in [1.54, 1.807) is 0 Å². The third-order valence-corrected chi connectivity index (χ3v) is 4.51. The lowest BCUT2D eigenvalue weighted by atomic mass is 10.1. The number of ketones is 1. The summed E-state index contributed by atoms with van der Waals surface area (Å²) in [6.07, 6.45) is 0.433. The molecule has 3 rings (SSSR count). The Kier molecular flexibility index (Phi) is 4.08. The van der Waals surface area contributed by atoms with Crippen molar-refractivity contribution in [1.82, 2.24) is 9.97 Å². The maximum atomic E-state index is 12.1. The number of carbonyl (C=O) groups excluding carboxylic acids is 1. The number of aliphatic imine (C=N–C) groups is 1. The fourth-order valence-electron chi connectivity index (χ4n) is 2.13. The van der Waals surface area contributed by atoms with E-state index in [0.29, 0.717) is 29.1 Å². The normalized spacial score (nSPS) is 12.9. The molecule has 5 nitrogen and oxygen atoms in total. The van der Waals surface area contributed by atoms with Crippen molar-refractivity contribution in [2.45, 2.75) is 13.3 Å². The van der Waals surface area contributed by atoms with E-state index < -0.39 is 0 Å². The second-order valence-corrected chi connectivity index (χ2v) is 6.45. The Morgan fingerprint density at radius 2 is 2.05 bits per heavy atom. The van der Waals surface area contributed by atoms with Crippen molar-refractivity contribution in [3.63, 3.8) is 0 Å². The summed E-state index contributed by atoms with van der Waals surface area (Å²) in [5.74, 6) is 0.846. The Hall–Kier alpha value is -1.99. The molecule has 0 bridgehead atoms. The van der Waals surface area contributed by atoms with Gasteiger partial charge in [0.15, 0.2) is 10.6 Å². The second kappa shape index (κ2) is 6.02. The minimum atomic E-state index is -0.219. The number of aromatic amines is 2. The highest BCUT2D eigenvalue weighted by molar-refractivity contribution is 8.14. The van der Waals surface area contributed by atoms with Crippen LogP contribution in [-0.2, 0) is 6.42 Å². The predicted octanol–water partition coefficient (Wildman–Crippen LogP) is 2.94. The van der Waals surface area contributed by atoms with Crippen LogP contribution in [0.3, 0.4) is 0 Å². The average molecular weight is 331 g/mol. The topological polar surface area (TPSA) is 78.1 Å². The van der Waals surface area contributed by atoms with Crippen LogP contribution in [0, 0.1) is 11.7 Å². The molecule has 0 saturated carbocycles. The molecule has 0 aliphatic carbocycles. The van der Waals surface area contributed by atoms with Gasteiger partial charge in [-0.2, -0.15) is 0 Å². The molecule has 0 atom stereocenters. The fourth-order valence-corrected chi connectivity index (χ4v) is 3.19. The number of aromatic nitrogens is 2. The van der Waals surface area contributed by atoms with Crippen LogP contribution < -0.4 is 5.56 Å². The molecule has 0 amide bonds. The summed E-state index contributed by atoms with van der Waals surface area (Å²) in [6.45, 7) is 1.98. The largest absolute Gasteiger partial charge is 0.317 e. The van der Waals surface area contributed by atoms with E-state index in [2.05, 4.69) is 15.0 Å². The van der Waals surface area contributed by atoms with Crippen LogP contribution in [0.25, 0.3) is 0 Å². The molecular weight excluding hydrogens is 318 g/mol. The first-order valence-corrected chi connectivity index (χ1v) is 8.08. The molecule has 0 fully saturated rings. The van der Waals surface area contributed by atoms with Crippen molar-refractivity contribution in [2.24, 2.45) is 4.99 Å². The third kappa shape index (κ3) is 3.10. The first-order valence-electron chi connectivity index (χ1n) is 6.68. The van der Waals surface area contributed by atoms with E-state index in [0.717, 1.165) is 10.6 Å². The van der Waals surface area contributed by atoms with Crippen LogP contribution in [0.2, 0.25) is 0 Å². The van der Waals surface area contributed by atoms with Gasteiger partial charge in [0.2, 0.25) is 0 Å². The lowest BCUT2D eigenvalue weighted by Crippen LogP contribution is -2.13. The quantitative estimate of drug-likeness (QED) is 0.669. The van der Waals surface area contributed by atoms with E-state index >= 15 is 0 Å². The lowest BCUT2D eigenvalue weighted by Gasteiger charge is -2.01. The predicted molar refractivity (Wildman–Crippen MR) is 91.0 cm³/mol. The number of Topliss-reactive ketones (excluding diaryl/α,β-unsaturated/α-hetero) is 1. The number of hydrogen-bond acceptors (Lipinski definition) is 5. The number of benzene rings is 1. The van der Waals surface area contributed by atoms with Gasteiger partial charge >= 0.3 is 0 Å². The molecule has 1 aromatic carbocycles. The second-order valence-electron chi connectivity index (χ2n) is 5.00. The van der Waals surface area contributed by atoms with Crippen molar-refractivity contribution in [1.29, 1.82) is 0 Å². The van der Waals surface area contributed by atoms with Crippen LogP contribution in [0.1, 0.15) is 21.5 Å². The number of aryl methyl sites for hydroxylation is 1. The Morgan fingerprint density at radius 3 is 2.77 bits per heavy atom. The zero-order valence-corrected chi connectivity index (χ0v) is 13.4. The molecule has 112 valence electrons. The van der Waals surface area contributed by atoms with Gasteiger partial charge in [0.1, 0.15) is 5.82 Å². The number of H-pyrrole nitrogens is 2. The summed E-state index contributed by atoms with van der Waals surface area (Å²) in [6, 6.07) is 7.48. The molecule has 22 heavy (non-hydrogen) atoms. The van der Waals surface area contributed by atoms with Gasteiger partial charge in [-0.3, -0.25) is 14.6 Å². The molecule has 1 aliphatic rings. The Morgan fingerprint density at radius 1 is 1.32 bits per heavy atom. The smallest absolute Gasteiger partial charge is 0.257 e. The molecular formula is C15H13N3O2S2. The van der Waals surface area contributed by atoms with Gasteiger partial charge in [0.25, 0.3) is 5.56 Å². The van der Waals surface area contributed by atoms with E-state index in [-0.39, 0.29) is 16.1 Å². The minimum Gasteiger partial charge on any atom is -0.317 e. The first-order chi connectivity index (χ1) is 10.5. The highest BCUT2D eigenvalue weighted by Gasteiger charge is 2.20. The molecule has 2 N–H and O–H groups in total. The standard InChI is InChI=1S/C15H13N3O2S2/c1-8-2-4-9(5-3-8)11(19)7-22-12-6-10-13(16-12)17-15(21)18-14(10)20/h2-5H,6-7H2,1H3,(H2,17,18,20,21). The maximum Gasteiger partial charge on any atom is 0.257 e. The van der Waals surface area contributed by atoms with E-state index in [4.69, 9.17) is 12.2 Å². The Bertz CT molecular complexity index is 879. The zero-order valence-electron chi connectivity index (χ0n) is 11.8. The number of nitrogens with zero attached hydrogens (tertiary/aromatic N) is 1. The van der Waals surface area contributed by atoms with Crippen molar-refractivity contribution in [3.8, 4) is 0 Å². The van der Waals surface area contributed by atoms with E-state index in [9.17, 15) is 9.59 Å². The summed E-state index contributed by atoms with van der Waals surface area (Å²) in [4.78, 5) is 33.7. The number of nitrogens with one attached hydrogen (secondary N) is 2. The molecule has 0 unspecified atom stereocenters. The van der Waals surface area contributed by atoms with Crippen LogP contribution in [0.15, 0.2) is 34.1 Å². The molecule has 0 spiro atoms. The number of rotatable bonds is 3. The van der Waals surface area contributed by atoms with Gasteiger partial charge in [-0.05, 0) is 19.1 Å². The first kappa shape index (κ1) is 14.9. The maximum absolute atomic E-state index is 12.1. The summed E-state index contributed by atoms with van der Waals surface area (Å²) in [5.41, 5.74) is 2.16. The van der Waals surface area contributed by atoms with Crippen LogP contribution in [0.5, 0.6) is 0 Å². The summed E-state index contributed by atoms with van der Waals surface area (Å²) in [5, 5.41) is 0.748. The Labute approximate surface area is 135 Å². The third-order valence-electron chi connectivity index (χ3n) is 3.33. The molecule has 1 aliphatic heterocycles. The minimum absolute atomic E-state index is 0.0468. The zero-order chi connectivity index (χ0) is 15.7. The van der Waals surface area contributed by atoms with Crippen LogP contribution in [0.4, 0.5) is 5.82 Å². The van der Waals surface area contributed by atoms with Crippen LogP contribution in [-0.4, -0.2) is 26.5 Å². The molecule has 1 aromatic heterocycles. The molecule has 2 heterocycles. The molecule has 0 saturated heterocycles. The van der Waals surface area contributed by atoms with Gasteiger partial charge in [-0.25, -0.2) is 4.99 Å². The fraction of sp³-hybridized carbons (Fsp3) is 0.200. The highest BCUT2D eigenvalue weighted by atomic mass is 32.2. The van der Waals surface area contributed by atoms with Crippen molar-refractivity contribution in [3.05, 3.63) is 56.1 Å². The molecule has 0 radical (unpaired) electrons. The Balaban J connectivity index is 1.69. The van der Waals surface area contributed by atoms with Gasteiger partial charge < -0.3 is 4.98 Å². The van der Waals surface area contributed by atoms with Gasteiger partial charge in [0, 0.05) is 12.0 Å². The van der Waals surface area contributed by atoms with Crippen LogP contribution >= 0.6 is 24.0 Å². The van der Waals surface area contributed by atoms with Crippen molar-refractivity contribution < 1.29 is 4.79 Å². The van der Waals surface area contributed by atoms with E-state index in [1.165, 1.54) is 11.8 Å². The SMILES string of the molecule is Cc1ccc(C(=O)CSC2=Nc3[nH]c(=S)[nH]c(=O)c3C2)cc1. The average Bonchev–Trinajstić information content (AvgIpc) is 2.89. The number of hydrogen-bond donors (Lipinski definition) is 2. The highest BCUT2D eigenvalue weighted by Crippen LogP contribution is 2.25. The number of thioether (sulfide) groups is 1. The summed E-state index contributed by atoms with van der Waals surface area (Å²) in [7, 11) is 0. The lowest BCUT2D eigenvalue weighted by molar-refractivity contribution is 0.102. The van der Waals surface area contributed by atoms with Crippen molar-refractivity contribution in [2.75, 3.05) is 5.75 Å². The summed E-state index contributed by atoms with van der Waals surface area (Å²) < 4.78 is 0.259.